The van der Waals surface area contributed by atoms with Crippen LogP contribution in [0.25, 0.3) is 0 Å². The molecule has 0 N–H and O–H groups in total. The summed E-state index contributed by atoms with van der Waals surface area (Å²) < 4.78 is 0. The normalized spacial score (nSPS) is 12.1. The summed E-state index contributed by atoms with van der Waals surface area (Å²) in [6.07, 6.45) is 0.666. The summed E-state index contributed by atoms with van der Waals surface area (Å²) in [5.41, 5.74) is 1.78. The van der Waals surface area contributed by atoms with E-state index in [-0.39, 0.29) is 11.7 Å². The standard InChI is InChI=1S/C16H15ClO/c17-12-11-15(13-7-3-1-4-8-13)16(18)14-9-5-2-6-10-14/h1-10,15H,11-12H2. The number of ketones is 1. The first kappa shape index (κ1) is 12.8. The highest BCUT2D eigenvalue weighted by atomic mass is 35.5. The molecule has 1 nitrogen and oxygen atoms in total. The summed E-state index contributed by atoms with van der Waals surface area (Å²) in [6, 6.07) is 19.2. The van der Waals surface area contributed by atoms with Gasteiger partial charge >= 0.3 is 0 Å². The molecule has 2 rings (SSSR count). The van der Waals surface area contributed by atoms with Gasteiger partial charge in [0.15, 0.2) is 5.78 Å². The lowest BCUT2D eigenvalue weighted by atomic mass is 9.89. The summed E-state index contributed by atoms with van der Waals surface area (Å²) in [5.74, 6) is 0.478. The zero-order valence-corrected chi connectivity index (χ0v) is 10.8. The maximum absolute atomic E-state index is 12.5. The van der Waals surface area contributed by atoms with E-state index in [9.17, 15) is 4.79 Å². The van der Waals surface area contributed by atoms with Crippen molar-refractivity contribution in [2.75, 3.05) is 5.88 Å². The number of benzene rings is 2. The van der Waals surface area contributed by atoms with Crippen LogP contribution >= 0.6 is 11.6 Å². The molecule has 0 amide bonds. The van der Waals surface area contributed by atoms with Gasteiger partial charge in [0.2, 0.25) is 0 Å². The summed E-state index contributed by atoms with van der Waals surface area (Å²) in [4.78, 5) is 12.5. The summed E-state index contributed by atoms with van der Waals surface area (Å²) >= 11 is 5.83. The van der Waals surface area contributed by atoms with Crippen molar-refractivity contribution in [1.29, 1.82) is 0 Å². The number of rotatable bonds is 5. The van der Waals surface area contributed by atoms with Crippen LogP contribution in [-0.4, -0.2) is 11.7 Å². The SMILES string of the molecule is O=C(c1ccccc1)C(CCCl)c1ccccc1. The van der Waals surface area contributed by atoms with Crippen molar-refractivity contribution in [3.05, 3.63) is 71.8 Å². The molecule has 0 saturated carbocycles. The van der Waals surface area contributed by atoms with Crippen LogP contribution in [0.4, 0.5) is 0 Å². The van der Waals surface area contributed by atoms with Gasteiger partial charge in [0.25, 0.3) is 0 Å². The molecular weight excluding hydrogens is 244 g/mol. The number of alkyl halides is 1. The van der Waals surface area contributed by atoms with E-state index < -0.39 is 0 Å². The third-order valence-electron chi connectivity index (χ3n) is 2.97. The molecule has 0 aliphatic rings. The van der Waals surface area contributed by atoms with E-state index in [1.54, 1.807) is 0 Å². The molecule has 0 aliphatic carbocycles. The number of hydrogen-bond acceptors (Lipinski definition) is 1. The molecule has 0 saturated heterocycles. The molecule has 92 valence electrons. The fraction of sp³-hybridized carbons (Fsp3) is 0.188. The fourth-order valence-corrected chi connectivity index (χ4v) is 2.27. The van der Waals surface area contributed by atoms with E-state index in [0.717, 1.165) is 11.1 Å². The van der Waals surface area contributed by atoms with Crippen LogP contribution < -0.4 is 0 Å². The average molecular weight is 259 g/mol. The first-order valence-corrected chi connectivity index (χ1v) is 6.56. The van der Waals surface area contributed by atoms with E-state index in [0.29, 0.717) is 12.3 Å². The van der Waals surface area contributed by atoms with E-state index in [1.807, 2.05) is 60.7 Å². The van der Waals surface area contributed by atoms with Gasteiger partial charge in [0.1, 0.15) is 0 Å². The molecule has 1 unspecified atom stereocenters. The molecule has 1 atom stereocenters. The van der Waals surface area contributed by atoms with E-state index in [2.05, 4.69) is 0 Å². The highest BCUT2D eigenvalue weighted by Gasteiger charge is 2.20. The van der Waals surface area contributed by atoms with Crippen molar-refractivity contribution >= 4 is 17.4 Å². The molecule has 18 heavy (non-hydrogen) atoms. The Morgan fingerprint density at radius 1 is 0.944 bits per heavy atom. The molecule has 2 heteroatoms. The Morgan fingerprint density at radius 2 is 1.50 bits per heavy atom. The molecule has 0 radical (unpaired) electrons. The molecular formula is C16H15ClO. The number of hydrogen-bond donors (Lipinski definition) is 0. The van der Waals surface area contributed by atoms with Crippen LogP contribution in [0.3, 0.4) is 0 Å². The minimum atomic E-state index is -0.147. The molecule has 0 fully saturated rings. The summed E-state index contributed by atoms with van der Waals surface area (Å²) in [6.45, 7) is 0. The van der Waals surface area contributed by atoms with Crippen molar-refractivity contribution in [2.45, 2.75) is 12.3 Å². The maximum Gasteiger partial charge on any atom is 0.170 e. The van der Waals surface area contributed by atoms with Gasteiger partial charge in [-0.15, -0.1) is 11.6 Å². The number of carbonyl (C=O) groups excluding carboxylic acids is 1. The lowest BCUT2D eigenvalue weighted by molar-refractivity contribution is 0.0957. The van der Waals surface area contributed by atoms with Crippen LogP contribution in [0, 0.1) is 0 Å². The quantitative estimate of drug-likeness (QED) is 0.578. The Bertz CT molecular complexity index is 493. The van der Waals surface area contributed by atoms with E-state index in [4.69, 9.17) is 11.6 Å². The summed E-state index contributed by atoms with van der Waals surface area (Å²) in [7, 11) is 0. The van der Waals surface area contributed by atoms with Gasteiger partial charge in [-0.2, -0.15) is 0 Å². The lowest BCUT2D eigenvalue weighted by Gasteiger charge is -2.15. The van der Waals surface area contributed by atoms with Crippen LogP contribution in [0.1, 0.15) is 28.3 Å². The molecule has 0 bridgehead atoms. The van der Waals surface area contributed by atoms with Gasteiger partial charge in [-0.1, -0.05) is 60.7 Å². The van der Waals surface area contributed by atoms with Gasteiger partial charge in [-0.25, -0.2) is 0 Å². The predicted molar refractivity (Wildman–Crippen MR) is 75.3 cm³/mol. The molecule has 2 aromatic carbocycles. The van der Waals surface area contributed by atoms with Crippen LogP contribution in [0.5, 0.6) is 0 Å². The van der Waals surface area contributed by atoms with E-state index >= 15 is 0 Å². The Morgan fingerprint density at radius 3 is 2.06 bits per heavy atom. The zero-order chi connectivity index (χ0) is 12.8. The van der Waals surface area contributed by atoms with Crippen LogP contribution in [-0.2, 0) is 0 Å². The zero-order valence-electron chi connectivity index (χ0n) is 10.1. The first-order valence-electron chi connectivity index (χ1n) is 6.03. The Labute approximate surface area is 112 Å². The monoisotopic (exact) mass is 258 g/mol. The molecule has 0 aliphatic heterocycles. The second-order valence-corrected chi connectivity index (χ2v) is 4.55. The topological polar surface area (TPSA) is 17.1 Å². The highest BCUT2D eigenvalue weighted by molar-refractivity contribution is 6.18. The van der Waals surface area contributed by atoms with Gasteiger partial charge in [0, 0.05) is 17.4 Å². The minimum Gasteiger partial charge on any atom is -0.293 e. The van der Waals surface area contributed by atoms with Crippen molar-refractivity contribution in [2.24, 2.45) is 0 Å². The average Bonchev–Trinajstić information content (AvgIpc) is 2.46. The van der Waals surface area contributed by atoms with Gasteiger partial charge in [-0.3, -0.25) is 4.79 Å². The Balaban J connectivity index is 2.29. The maximum atomic E-state index is 12.5. The van der Waals surface area contributed by atoms with Crippen molar-refractivity contribution in [3.63, 3.8) is 0 Å². The third kappa shape index (κ3) is 2.99. The fourth-order valence-electron chi connectivity index (χ4n) is 2.05. The van der Waals surface area contributed by atoms with E-state index in [1.165, 1.54) is 0 Å². The van der Waals surface area contributed by atoms with Gasteiger partial charge in [0.05, 0.1) is 0 Å². The van der Waals surface area contributed by atoms with Gasteiger partial charge in [-0.05, 0) is 12.0 Å². The molecule has 2 aromatic rings. The van der Waals surface area contributed by atoms with Crippen molar-refractivity contribution in [1.82, 2.24) is 0 Å². The smallest absolute Gasteiger partial charge is 0.170 e. The minimum absolute atomic E-state index is 0.141. The highest BCUT2D eigenvalue weighted by Crippen LogP contribution is 2.24. The van der Waals surface area contributed by atoms with Crippen LogP contribution in [0.2, 0.25) is 0 Å². The van der Waals surface area contributed by atoms with Crippen molar-refractivity contribution < 1.29 is 4.79 Å². The second-order valence-electron chi connectivity index (χ2n) is 4.17. The number of halogens is 1. The number of Topliss-reactive ketones (excluding diaryl/α,β-unsaturated/α-hetero) is 1. The lowest BCUT2D eigenvalue weighted by Crippen LogP contribution is -2.13. The summed E-state index contributed by atoms with van der Waals surface area (Å²) in [5, 5.41) is 0. The predicted octanol–water partition coefficient (Wildman–Crippen LogP) is 4.28. The molecule has 0 heterocycles. The number of carbonyl (C=O) groups is 1. The largest absolute Gasteiger partial charge is 0.293 e. The third-order valence-corrected chi connectivity index (χ3v) is 3.19. The Hall–Kier alpha value is -1.60. The second kappa shape index (κ2) is 6.36. The van der Waals surface area contributed by atoms with Gasteiger partial charge < -0.3 is 0 Å². The van der Waals surface area contributed by atoms with Crippen molar-refractivity contribution in [3.8, 4) is 0 Å². The first-order chi connectivity index (χ1) is 8.83. The Kier molecular flexibility index (Phi) is 4.54. The van der Waals surface area contributed by atoms with Crippen LogP contribution in [0.15, 0.2) is 60.7 Å². The molecule has 0 aromatic heterocycles. The molecule has 0 spiro atoms.